The fraction of sp³-hybridized carbons (Fsp3) is 0.632. The van der Waals surface area contributed by atoms with Crippen LogP contribution in [0.3, 0.4) is 0 Å². The molecule has 2 fully saturated rings. The SMILES string of the molecule is CN=C(NCC1CCOC1)NC1CCN(Cc2ccccc2)CC1. The van der Waals surface area contributed by atoms with Gasteiger partial charge >= 0.3 is 0 Å². The molecule has 1 unspecified atom stereocenters. The van der Waals surface area contributed by atoms with Crippen molar-refractivity contribution < 1.29 is 4.74 Å². The summed E-state index contributed by atoms with van der Waals surface area (Å²) in [6, 6.07) is 11.3. The van der Waals surface area contributed by atoms with Gasteiger partial charge in [0.05, 0.1) is 6.61 Å². The maximum atomic E-state index is 5.43. The molecule has 5 nitrogen and oxygen atoms in total. The van der Waals surface area contributed by atoms with E-state index in [0.29, 0.717) is 12.0 Å². The van der Waals surface area contributed by atoms with Gasteiger partial charge in [0.25, 0.3) is 0 Å². The molecule has 132 valence electrons. The van der Waals surface area contributed by atoms with Crippen LogP contribution < -0.4 is 10.6 Å². The van der Waals surface area contributed by atoms with Crippen LogP contribution in [0.2, 0.25) is 0 Å². The second kappa shape index (κ2) is 9.04. The maximum absolute atomic E-state index is 5.43. The van der Waals surface area contributed by atoms with Crippen molar-refractivity contribution in [2.75, 3.05) is 39.9 Å². The predicted molar refractivity (Wildman–Crippen MR) is 98.2 cm³/mol. The summed E-state index contributed by atoms with van der Waals surface area (Å²) >= 11 is 0. The van der Waals surface area contributed by atoms with Crippen molar-refractivity contribution in [3.8, 4) is 0 Å². The zero-order valence-electron chi connectivity index (χ0n) is 14.7. The molecule has 24 heavy (non-hydrogen) atoms. The number of hydrogen-bond donors (Lipinski definition) is 2. The number of likely N-dealkylation sites (tertiary alicyclic amines) is 1. The Labute approximate surface area is 145 Å². The zero-order chi connectivity index (χ0) is 16.6. The van der Waals surface area contributed by atoms with Gasteiger partial charge in [-0.2, -0.15) is 0 Å². The van der Waals surface area contributed by atoms with E-state index >= 15 is 0 Å². The molecule has 2 saturated heterocycles. The van der Waals surface area contributed by atoms with Gasteiger partial charge in [-0.3, -0.25) is 9.89 Å². The third-order valence-electron chi connectivity index (χ3n) is 4.98. The van der Waals surface area contributed by atoms with Gasteiger partial charge in [0, 0.05) is 51.8 Å². The minimum atomic E-state index is 0.517. The van der Waals surface area contributed by atoms with Gasteiger partial charge in [0.15, 0.2) is 5.96 Å². The molecule has 0 spiro atoms. The van der Waals surface area contributed by atoms with Gasteiger partial charge in [0.1, 0.15) is 0 Å². The lowest BCUT2D eigenvalue weighted by Gasteiger charge is -2.33. The summed E-state index contributed by atoms with van der Waals surface area (Å²) < 4.78 is 5.43. The van der Waals surface area contributed by atoms with E-state index in [1.54, 1.807) is 0 Å². The first kappa shape index (κ1) is 17.2. The summed E-state index contributed by atoms with van der Waals surface area (Å²) in [6.07, 6.45) is 3.49. The van der Waals surface area contributed by atoms with Crippen LogP contribution in [0.25, 0.3) is 0 Å². The first-order valence-electron chi connectivity index (χ1n) is 9.14. The Morgan fingerprint density at radius 3 is 2.67 bits per heavy atom. The summed E-state index contributed by atoms with van der Waals surface area (Å²) in [4.78, 5) is 6.91. The molecular weight excluding hydrogens is 300 g/mol. The van der Waals surface area contributed by atoms with Crippen LogP contribution in [-0.2, 0) is 11.3 Å². The Bertz CT molecular complexity index is 505. The number of guanidine groups is 1. The summed E-state index contributed by atoms with van der Waals surface area (Å²) in [5, 5.41) is 7.04. The van der Waals surface area contributed by atoms with Gasteiger partial charge in [0.2, 0.25) is 0 Å². The van der Waals surface area contributed by atoms with Crippen molar-refractivity contribution in [2.24, 2.45) is 10.9 Å². The number of nitrogens with zero attached hydrogens (tertiary/aromatic N) is 2. The Morgan fingerprint density at radius 2 is 2.00 bits per heavy atom. The molecule has 3 rings (SSSR count). The quantitative estimate of drug-likeness (QED) is 0.639. The molecule has 0 saturated carbocycles. The molecular formula is C19H30N4O. The molecule has 0 bridgehead atoms. The van der Waals surface area contributed by atoms with E-state index in [1.165, 1.54) is 18.4 Å². The minimum absolute atomic E-state index is 0.517. The van der Waals surface area contributed by atoms with E-state index in [2.05, 4.69) is 50.9 Å². The van der Waals surface area contributed by atoms with Crippen molar-refractivity contribution in [1.29, 1.82) is 0 Å². The average Bonchev–Trinajstić information content (AvgIpc) is 3.14. The van der Waals surface area contributed by atoms with Gasteiger partial charge in [-0.05, 0) is 24.8 Å². The predicted octanol–water partition coefficient (Wildman–Crippen LogP) is 1.85. The number of rotatable bonds is 5. The highest BCUT2D eigenvalue weighted by Crippen LogP contribution is 2.14. The molecule has 0 aromatic heterocycles. The van der Waals surface area contributed by atoms with E-state index < -0.39 is 0 Å². The van der Waals surface area contributed by atoms with Crippen LogP contribution in [0.1, 0.15) is 24.8 Å². The summed E-state index contributed by atoms with van der Waals surface area (Å²) in [7, 11) is 1.85. The van der Waals surface area contributed by atoms with Gasteiger partial charge in [-0.1, -0.05) is 30.3 Å². The second-order valence-corrected chi connectivity index (χ2v) is 6.86. The molecule has 1 atom stereocenters. The van der Waals surface area contributed by atoms with Crippen LogP contribution in [0, 0.1) is 5.92 Å². The summed E-state index contributed by atoms with van der Waals surface area (Å²) in [5.41, 5.74) is 1.40. The summed E-state index contributed by atoms with van der Waals surface area (Å²) in [6.45, 7) is 6.06. The highest BCUT2D eigenvalue weighted by molar-refractivity contribution is 5.79. The number of ether oxygens (including phenoxy) is 1. The molecule has 0 aliphatic carbocycles. The van der Waals surface area contributed by atoms with Crippen molar-refractivity contribution >= 4 is 5.96 Å². The largest absolute Gasteiger partial charge is 0.381 e. The smallest absolute Gasteiger partial charge is 0.191 e. The fourth-order valence-electron chi connectivity index (χ4n) is 3.45. The number of benzene rings is 1. The number of hydrogen-bond acceptors (Lipinski definition) is 3. The number of nitrogens with one attached hydrogen (secondary N) is 2. The first-order valence-corrected chi connectivity index (χ1v) is 9.14. The number of aliphatic imine (C=N–C) groups is 1. The molecule has 1 aromatic carbocycles. The topological polar surface area (TPSA) is 48.9 Å². The van der Waals surface area contributed by atoms with Crippen molar-refractivity contribution in [2.45, 2.75) is 31.8 Å². The fourth-order valence-corrected chi connectivity index (χ4v) is 3.45. The van der Waals surface area contributed by atoms with Crippen molar-refractivity contribution in [3.63, 3.8) is 0 Å². The molecule has 0 amide bonds. The van der Waals surface area contributed by atoms with Gasteiger partial charge in [-0.15, -0.1) is 0 Å². The molecule has 0 radical (unpaired) electrons. The van der Waals surface area contributed by atoms with E-state index in [4.69, 9.17) is 4.74 Å². The van der Waals surface area contributed by atoms with Crippen LogP contribution in [-0.4, -0.2) is 56.8 Å². The standard InChI is InChI=1S/C19H30N4O/c1-20-19(21-13-17-9-12-24-15-17)22-18-7-10-23(11-8-18)14-16-5-3-2-4-6-16/h2-6,17-18H,7-15H2,1H3,(H2,20,21,22). The van der Waals surface area contributed by atoms with Crippen molar-refractivity contribution in [1.82, 2.24) is 15.5 Å². The zero-order valence-corrected chi connectivity index (χ0v) is 14.7. The van der Waals surface area contributed by atoms with E-state index in [9.17, 15) is 0 Å². The molecule has 5 heteroatoms. The van der Waals surface area contributed by atoms with E-state index in [0.717, 1.165) is 51.8 Å². The third-order valence-corrected chi connectivity index (χ3v) is 4.98. The lowest BCUT2D eigenvalue weighted by Crippen LogP contribution is -2.49. The lowest BCUT2D eigenvalue weighted by molar-refractivity contribution is 0.186. The van der Waals surface area contributed by atoms with Gasteiger partial charge < -0.3 is 15.4 Å². The Hall–Kier alpha value is -1.59. The first-order chi connectivity index (χ1) is 11.8. The lowest BCUT2D eigenvalue weighted by atomic mass is 10.0. The normalized spacial score (nSPS) is 23.4. The Morgan fingerprint density at radius 1 is 1.21 bits per heavy atom. The monoisotopic (exact) mass is 330 g/mol. The number of piperidine rings is 1. The second-order valence-electron chi connectivity index (χ2n) is 6.86. The average molecular weight is 330 g/mol. The Balaban J connectivity index is 1.37. The van der Waals surface area contributed by atoms with Crippen LogP contribution in [0.5, 0.6) is 0 Å². The van der Waals surface area contributed by atoms with Gasteiger partial charge in [-0.25, -0.2) is 0 Å². The molecule has 2 N–H and O–H groups in total. The van der Waals surface area contributed by atoms with Crippen LogP contribution in [0.4, 0.5) is 0 Å². The van der Waals surface area contributed by atoms with Crippen LogP contribution in [0.15, 0.2) is 35.3 Å². The molecule has 2 aliphatic heterocycles. The van der Waals surface area contributed by atoms with Crippen molar-refractivity contribution in [3.05, 3.63) is 35.9 Å². The van der Waals surface area contributed by atoms with E-state index in [1.807, 2.05) is 7.05 Å². The summed E-state index contributed by atoms with van der Waals surface area (Å²) in [5.74, 6) is 1.56. The Kier molecular flexibility index (Phi) is 6.49. The minimum Gasteiger partial charge on any atom is -0.381 e. The molecule has 1 aromatic rings. The highest BCUT2D eigenvalue weighted by Gasteiger charge is 2.21. The third kappa shape index (κ3) is 5.21. The maximum Gasteiger partial charge on any atom is 0.191 e. The van der Waals surface area contributed by atoms with Crippen LogP contribution >= 0.6 is 0 Å². The highest BCUT2D eigenvalue weighted by atomic mass is 16.5. The van der Waals surface area contributed by atoms with E-state index in [-0.39, 0.29) is 0 Å². The molecule has 2 aliphatic rings. The molecule has 2 heterocycles.